The van der Waals surface area contributed by atoms with Gasteiger partial charge in [-0.05, 0) is 46.8 Å². The van der Waals surface area contributed by atoms with Gasteiger partial charge >= 0.3 is 6.09 Å². The molecule has 0 radical (unpaired) electrons. The van der Waals surface area contributed by atoms with Gasteiger partial charge in [-0.3, -0.25) is 0 Å². The number of hydrogen-bond acceptors (Lipinski definition) is 7. The zero-order valence-electron chi connectivity index (χ0n) is 20.2. The van der Waals surface area contributed by atoms with Crippen molar-refractivity contribution in [2.75, 3.05) is 13.2 Å². The number of carbonyl (C=O) groups excluding carboxylic acids is 1. The van der Waals surface area contributed by atoms with Gasteiger partial charge in [0.15, 0.2) is 17.1 Å². The van der Waals surface area contributed by atoms with E-state index < -0.39 is 35.9 Å². The minimum atomic E-state index is -2.82. The molecule has 0 saturated heterocycles. The van der Waals surface area contributed by atoms with Crippen molar-refractivity contribution in [3.8, 4) is 23.1 Å². The van der Waals surface area contributed by atoms with Crippen molar-refractivity contribution in [3.05, 3.63) is 36.3 Å². The summed E-state index contributed by atoms with van der Waals surface area (Å²) in [5, 5.41) is 2.63. The van der Waals surface area contributed by atoms with Crippen LogP contribution in [0.4, 0.5) is 18.0 Å². The minimum Gasteiger partial charge on any atom is -0.493 e. The van der Waals surface area contributed by atoms with E-state index in [-0.39, 0.29) is 30.5 Å². The molecule has 0 unspecified atom stereocenters. The SMILES string of the molecule is C[C@@H](COc1cnc(-c2nc3ccc(OCCC(C)(F)F)cc3o2)c(F)c1)NC(=O)OC(C)(C)C. The molecule has 190 valence electrons. The van der Waals surface area contributed by atoms with Crippen LogP contribution in [0.1, 0.15) is 41.0 Å². The Morgan fingerprint density at radius 3 is 2.54 bits per heavy atom. The van der Waals surface area contributed by atoms with Crippen molar-refractivity contribution in [1.29, 1.82) is 0 Å². The third kappa shape index (κ3) is 8.04. The monoisotopic (exact) mass is 495 g/mol. The lowest BCUT2D eigenvalue weighted by molar-refractivity contribution is 0.000852. The fraction of sp³-hybridized carbons (Fsp3) is 0.458. The summed E-state index contributed by atoms with van der Waals surface area (Å²) in [4.78, 5) is 20.1. The molecule has 8 nitrogen and oxygen atoms in total. The van der Waals surface area contributed by atoms with Gasteiger partial charge in [0.2, 0.25) is 11.8 Å². The van der Waals surface area contributed by atoms with Crippen molar-refractivity contribution < 1.29 is 36.6 Å². The molecule has 1 aromatic carbocycles. The Labute approximate surface area is 200 Å². The number of pyridine rings is 1. The van der Waals surface area contributed by atoms with Crippen molar-refractivity contribution >= 4 is 17.2 Å². The predicted molar refractivity (Wildman–Crippen MR) is 122 cm³/mol. The number of fused-ring (bicyclic) bond motifs is 1. The normalized spacial score (nSPS) is 12.9. The topological polar surface area (TPSA) is 95.7 Å². The molecular weight excluding hydrogens is 467 g/mol. The number of oxazole rings is 1. The molecule has 1 amide bonds. The first kappa shape index (κ1) is 26.1. The standard InChI is InChI=1S/C24H28F3N3O5/c1-14(29-22(31)35-23(2,3)4)13-33-16-10-17(25)20(28-12-16)21-30-18-7-6-15(11-19(18)34-21)32-9-8-24(5,26)27/h6-7,10-12,14H,8-9,13H2,1-5H3,(H,29,31)/t14-/m0/s1. The Morgan fingerprint density at radius 2 is 1.89 bits per heavy atom. The number of rotatable bonds is 9. The zero-order valence-corrected chi connectivity index (χ0v) is 20.2. The van der Waals surface area contributed by atoms with Crippen LogP contribution in [0.2, 0.25) is 0 Å². The van der Waals surface area contributed by atoms with Gasteiger partial charge in [-0.1, -0.05) is 0 Å². The molecule has 2 aromatic heterocycles. The summed E-state index contributed by atoms with van der Waals surface area (Å²) in [6.07, 6.45) is 0.306. The Kier molecular flexibility index (Phi) is 7.76. The molecule has 3 aromatic rings. The maximum Gasteiger partial charge on any atom is 0.407 e. The summed E-state index contributed by atoms with van der Waals surface area (Å²) in [6, 6.07) is 5.38. The average molecular weight is 495 g/mol. The lowest BCUT2D eigenvalue weighted by atomic mass is 10.2. The number of hydrogen-bond donors (Lipinski definition) is 1. The minimum absolute atomic E-state index is 0.0544. The highest BCUT2D eigenvalue weighted by Crippen LogP contribution is 2.29. The number of nitrogens with one attached hydrogen (secondary N) is 1. The van der Waals surface area contributed by atoms with E-state index in [0.717, 1.165) is 13.0 Å². The molecule has 0 fully saturated rings. The third-order valence-corrected chi connectivity index (χ3v) is 4.45. The summed E-state index contributed by atoms with van der Waals surface area (Å²) < 4.78 is 62.2. The predicted octanol–water partition coefficient (Wildman–Crippen LogP) is 5.75. The fourth-order valence-electron chi connectivity index (χ4n) is 2.87. The van der Waals surface area contributed by atoms with Crippen LogP contribution in [0, 0.1) is 5.82 Å². The zero-order chi connectivity index (χ0) is 25.8. The van der Waals surface area contributed by atoms with Crippen LogP contribution in [-0.4, -0.2) is 46.8 Å². The van der Waals surface area contributed by atoms with Crippen LogP contribution < -0.4 is 14.8 Å². The molecule has 2 heterocycles. The molecule has 0 aliphatic heterocycles. The summed E-state index contributed by atoms with van der Waals surface area (Å²) in [6.45, 7) is 7.70. The molecule has 0 aliphatic rings. The Bertz CT molecular complexity index is 1170. The van der Waals surface area contributed by atoms with Crippen LogP contribution in [0.15, 0.2) is 34.9 Å². The van der Waals surface area contributed by atoms with E-state index in [9.17, 15) is 18.0 Å². The second kappa shape index (κ2) is 10.4. The van der Waals surface area contributed by atoms with Gasteiger partial charge in [0, 0.05) is 18.6 Å². The van der Waals surface area contributed by atoms with E-state index in [1.165, 1.54) is 12.3 Å². The van der Waals surface area contributed by atoms with E-state index >= 15 is 0 Å². The van der Waals surface area contributed by atoms with E-state index in [2.05, 4.69) is 15.3 Å². The van der Waals surface area contributed by atoms with Gasteiger partial charge in [-0.25, -0.2) is 27.9 Å². The molecular formula is C24H28F3N3O5. The first-order valence-electron chi connectivity index (χ1n) is 11.0. The van der Waals surface area contributed by atoms with Gasteiger partial charge in [0.05, 0.1) is 18.8 Å². The van der Waals surface area contributed by atoms with Crippen LogP contribution in [0.25, 0.3) is 22.7 Å². The quantitative estimate of drug-likeness (QED) is 0.404. The van der Waals surface area contributed by atoms with Gasteiger partial charge in [-0.2, -0.15) is 0 Å². The van der Waals surface area contributed by atoms with Gasteiger partial charge in [0.25, 0.3) is 0 Å². The molecule has 0 bridgehead atoms. The number of ether oxygens (including phenoxy) is 3. The summed E-state index contributed by atoms with van der Waals surface area (Å²) in [7, 11) is 0. The second-order valence-corrected chi connectivity index (χ2v) is 9.18. The van der Waals surface area contributed by atoms with E-state index in [0.29, 0.717) is 16.8 Å². The van der Waals surface area contributed by atoms with E-state index in [4.69, 9.17) is 18.6 Å². The molecule has 11 heteroatoms. The average Bonchev–Trinajstić information content (AvgIpc) is 3.13. The molecule has 1 atom stereocenters. The summed E-state index contributed by atoms with van der Waals surface area (Å²) in [5.41, 5.74) is -0.0257. The van der Waals surface area contributed by atoms with E-state index in [1.807, 2.05) is 0 Å². The highest BCUT2D eigenvalue weighted by Gasteiger charge is 2.21. The van der Waals surface area contributed by atoms with Gasteiger partial charge in [-0.15, -0.1) is 0 Å². The molecule has 0 spiro atoms. The first-order chi connectivity index (χ1) is 16.3. The molecule has 0 aliphatic carbocycles. The fourth-order valence-corrected chi connectivity index (χ4v) is 2.87. The second-order valence-electron chi connectivity index (χ2n) is 9.18. The molecule has 35 heavy (non-hydrogen) atoms. The molecule has 3 rings (SSSR count). The Hall–Kier alpha value is -3.50. The van der Waals surface area contributed by atoms with Crippen molar-refractivity contribution in [3.63, 3.8) is 0 Å². The number of alkyl halides is 2. The molecule has 0 saturated carbocycles. The number of nitrogens with zero attached hydrogens (tertiary/aromatic N) is 2. The first-order valence-corrected chi connectivity index (χ1v) is 11.0. The van der Waals surface area contributed by atoms with Crippen LogP contribution in [0.3, 0.4) is 0 Å². The number of halogens is 3. The van der Waals surface area contributed by atoms with Crippen molar-refractivity contribution in [2.45, 2.75) is 58.6 Å². The highest BCUT2D eigenvalue weighted by molar-refractivity contribution is 5.77. The summed E-state index contributed by atoms with van der Waals surface area (Å²) >= 11 is 0. The Morgan fingerprint density at radius 1 is 1.14 bits per heavy atom. The summed E-state index contributed by atoms with van der Waals surface area (Å²) in [5.74, 6) is -3.11. The highest BCUT2D eigenvalue weighted by atomic mass is 19.3. The van der Waals surface area contributed by atoms with Crippen molar-refractivity contribution in [2.24, 2.45) is 0 Å². The number of carbonyl (C=O) groups is 1. The van der Waals surface area contributed by atoms with Crippen LogP contribution in [0.5, 0.6) is 11.5 Å². The number of amides is 1. The van der Waals surface area contributed by atoms with Crippen LogP contribution >= 0.6 is 0 Å². The third-order valence-electron chi connectivity index (χ3n) is 4.45. The van der Waals surface area contributed by atoms with Crippen molar-refractivity contribution in [1.82, 2.24) is 15.3 Å². The largest absolute Gasteiger partial charge is 0.493 e. The van der Waals surface area contributed by atoms with Gasteiger partial charge in [0.1, 0.15) is 29.2 Å². The molecule has 1 N–H and O–H groups in total. The smallest absolute Gasteiger partial charge is 0.407 e. The Balaban J connectivity index is 1.62. The number of alkyl carbamates (subject to hydrolysis) is 1. The lowest BCUT2D eigenvalue weighted by Crippen LogP contribution is -2.40. The van der Waals surface area contributed by atoms with Crippen LogP contribution in [-0.2, 0) is 4.74 Å². The van der Waals surface area contributed by atoms with E-state index in [1.54, 1.807) is 39.8 Å². The number of benzene rings is 1. The van der Waals surface area contributed by atoms with Gasteiger partial charge < -0.3 is 23.9 Å². The maximum atomic E-state index is 14.7. The maximum absolute atomic E-state index is 14.7. The number of aromatic nitrogens is 2. The lowest BCUT2D eigenvalue weighted by Gasteiger charge is -2.22.